The van der Waals surface area contributed by atoms with Crippen molar-refractivity contribution in [2.24, 2.45) is 7.05 Å². The lowest BCUT2D eigenvalue weighted by Gasteiger charge is -2.34. The van der Waals surface area contributed by atoms with Crippen LogP contribution in [0.4, 0.5) is 5.82 Å². The summed E-state index contributed by atoms with van der Waals surface area (Å²) >= 11 is 0. The second-order valence-electron chi connectivity index (χ2n) is 6.44. The van der Waals surface area contributed by atoms with Crippen molar-refractivity contribution in [2.45, 2.75) is 38.6 Å². The first-order valence-corrected chi connectivity index (χ1v) is 8.56. The van der Waals surface area contributed by atoms with Crippen LogP contribution in [-0.2, 0) is 18.3 Å². The summed E-state index contributed by atoms with van der Waals surface area (Å²) in [6, 6.07) is 8.23. The molecule has 0 aromatic carbocycles. The molecule has 1 aliphatic rings. The highest BCUT2D eigenvalue weighted by Crippen LogP contribution is 2.18. The van der Waals surface area contributed by atoms with E-state index in [4.69, 9.17) is 0 Å². The van der Waals surface area contributed by atoms with Gasteiger partial charge in [0.2, 0.25) is 5.91 Å². The highest BCUT2D eigenvalue weighted by Gasteiger charge is 2.22. The minimum absolute atomic E-state index is 0.111. The Morgan fingerprint density at radius 3 is 3.00 bits per heavy atom. The van der Waals surface area contributed by atoms with E-state index < -0.39 is 0 Å². The van der Waals surface area contributed by atoms with Gasteiger partial charge in [0, 0.05) is 50.2 Å². The zero-order valence-corrected chi connectivity index (χ0v) is 14.4. The maximum atomic E-state index is 12.2. The predicted octanol–water partition coefficient (Wildman–Crippen LogP) is 1.84. The molecule has 0 spiro atoms. The first-order valence-electron chi connectivity index (χ1n) is 8.56. The van der Waals surface area contributed by atoms with E-state index in [1.165, 1.54) is 0 Å². The van der Waals surface area contributed by atoms with Crippen molar-refractivity contribution in [2.75, 3.05) is 18.0 Å². The van der Waals surface area contributed by atoms with E-state index in [1.54, 1.807) is 6.20 Å². The fourth-order valence-corrected chi connectivity index (χ4v) is 3.20. The lowest BCUT2D eigenvalue weighted by atomic mass is 10.1. The zero-order valence-electron chi connectivity index (χ0n) is 14.4. The first-order chi connectivity index (χ1) is 11.6. The lowest BCUT2D eigenvalue weighted by Crippen LogP contribution is -2.48. The quantitative estimate of drug-likeness (QED) is 0.910. The van der Waals surface area contributed by atoms with E-state index in [0.29, 0.717) is 6.42 Å². The van der Waals surface area contributed by atoms with Crippen LogP contribution in [0.3, 0.4) is 0 Å². The number of carbonyl (C=O) groups excluding carboxylic acids is 1. The van der Waals surface area contributed by atoms with Crippen LogP contribution in [0.5, 0.6) is 0 Å². The predicted molar refractivity (Wildman–Crippen MR) is 93.9 cm³/mol. The Hall–Kier alpha value is -2.37. The Kier molecular flexibility index (Phi) is 5.13. The molecule has 1 amide bonds. The van der Waals surface area contributed by atoms with E-state index in [1.807, 2.05) is 42.9 Å². The number of hydrogen-bond acceptors (Lipinski definition) is 4. The van der Waals surface area contributed by atoms with Crippen LogP contribution in [0.15, 0.2) is 30.5 Å². The van der Waals surface area contributed by atoms with Gasteiger partial charge < -0.3 is 10.2 Å². The molecule has 0 bridgehead atoms. The number of carbonyl (C=O) groups is 1. The number of nitrogens with zero attached hydrogens (tertiary/aromatic N) is 4. The van der Waals surface area contributed by atoms with Gasteiger partial charge in [0.05, 0.1) is 0 Å². The van der Waals surface area contributed by atoms with Gasteiger partial charge in [-0.25, -0.2) is 4.98 Å². The van der Waals surface area contributed by atoms with E-state index >= 15 is 0 Å². The molecule has 1 saturated heterocycles. The minimum Gasteiger partial charge on any atom is -0.355 e. The Labute approximate surface area is 142 Å². The summed E-state index contributed by atoms with van der Waals surface area (Å²) in [6.07, 6.45) is 5.08. The van der Waals surface area contributed by atoms with Crippen LogP contribution < -0.4 is 10.2 Å². The Morgan fingerprint density at radius 2 is 2.25 bits per heavy atom. The number of piperidine rings is 1. The number of amides is 1. The molecule has 0 saturated carbocycles. The van der Waals surface area contributed by atoms with Crippen LogP contribution >= 0.6 is 0 Å². The molecule has 2 aromatic rings. The number of pyridine rings is 1. The van der Waals surface area contributed by atoms with Crippen molar-refractivity contribution >= 4 is 11.7 Å². The summed E-state index contributed by atoms with van der Waals surface area (Å²) in [6.45, 7) is 3.83. The first kappa shape index (κ1) is 16.5. The molecular formula is C18H25N5O. The molecule has 0 unspecified atom stereocenters. The van der Waals surface area contributed by atoms with Gasteiger partial charge in [-0.2, -0.15) is 5.10 Å². The zero-order chi connectivity index (χ0) is 16.9. The van der Waals surface area contributed by atoms with E-state index in [2.05, 4.69) is 20.3 Å². The third-order valence-electron chi connectivity index (χ3n) is 4.51. The molecule has 2 aromatic heterocycles. The molecule has 6 heteroatoms. The topological polar surface area (TPSA) is 63.1 Å². The molecule has 6 nitrogen and oxygen atoms in total. The van der Waals surface area contributed by atoms with Crippen LogP contribution in [0.2, 0.25) is 0 Å². The van der Waals surface area contributed by atoms with Crippen LogP contribution in [0.1, 0.15) is 30.7 Å². The third kappa shape index (κ3) is 4.13. The maximum absolute atomic E-state index is 12.2. The van der Waals surface area contributed by atoms with Crippen LogP contribution in [0.25, 0.3) is 0 Å². The summed E-state index contributed by atoms with van der Waals surface area (Å²) < 4.78 is 1.82. The highest BCUT2D eigenvalue weighted by atomic mass is 16.1. The van der Waals surface area contributed by atoms with Gasteiger partial charge in [0.25, 0.3) is 0 Å². The van der Waals surface area contributed by atoms with Gasteiger partial charge in [0.1, 0.15) is 5.82 Å². The Balaban J connectivity index is 1.51. The second kappa shape index (κ2) is 7.47. The van der Waals surface area contributed by atoms with Gasteiger partial charge in [0.15, 0.2) is 0 Å². The van der Waals surface area contributed by atoms with Crippen LogP contribution in [0, 0.1) is 6.92 Å². The molecule has 1 aliphatic heterocycles. The van der Waals surface area contributed by atoms with Crippen LogP contribution in [-0.4, -0.2) is 39.8 Å². The SMILES string of the molecule is Cc1cccc(N2CCC[C@H](NC(=O)CCc3ccnn3C)C2)n1. The van der Waals surface area contributed by atoms with Gasteiger partial charge in [-0.1, -0.05) is 6.07 Å². The normalized spacial score (nSPS) is 17.8. The van der Waals surface area contributed by atoms with Gasteiger partial charge in [-0.3, -0.25) is 9.48 Å². The highest BCUT2D eigenvalue weighted by molar-refractivity contribution is 5.76. The molecular weight excluding hydrogens is 302 g/mol. The monoisotopic (exact) mass is 327 g/mol. The molecule has 3 rings (SSSR count). The van der Waals surface area contributed by atoms with Gasteiger partial charge in [-0.15, -0.1) is 0 Å². The average molecular weight is 327 g/mol. The summed E-state index contributed by atoms with van der Waals surface area (Å²) in [5.74, 6) is 1.11. The molecule has 0 radical (unpaired) electrons. The van der Waals surface area contributed by atoms with Gasteiger partial charge >= 0.3 is 0 Å². The molecule has 0 aliphatic carbocycles. The van der Waals surface area contributed by atoms with E-state index in [0.717, 1.165) is 49.6 Å². The Bertz CT molecular complexity index is 696. The van der Waals surface area contributed by atoms with Crippen molar-refractivity contribution in [3.8, 4) is 0 Å². The van der Waals surface area contributed by atoms with Gasteiger partial charge in [-0.05, 0) is 44.4 Å². The minimum atomic E-state index is 0.111. The van der Waals surface area contributed by atoms with Crippen molar-refractivity contribution in [3.05, 3.63) is 41.9 Å². The molecule has 1 N–H and O–H groups in total. The average Bonchev–Trinajstić information content (AvgIpc) is 2.98. The third-order valence-corrected chi connectivity index (χ3v) is 4.51. The number of nitrogens with one attached hydrogen (secondary N) is 1. The summed E-state index contributed by atoms with van der Waals surface area (Å²) in [4.78, 5) is 19.1. The molecule has 128 valence electrons. The molecule has 1 fully saturated rings. The fraction of sp³-hybridized carbons (Fsp3) is 0.500. The maximum Gasteiger partial charge on any atom is 0.220 e. The van der Waals surface area contributed by atoms with E-state index in [9.17, 15) is 4.79 Å². The fourth-order valence-electron chi connectivity index (χ4n) is 3.20. The van der Waals surface area contributed by atoms with Crippen molar-refractivity contribution < 1.29 is 4.79 Å². The summed E-state index contributed by atoms with van der Waals surface area (Å²) in [5, 5.41) is 7.31. The second-order valence-corrected chi connectivity index (χ2v) is 6.44. The number of anilines is 1. The van der Waals surface area contributed by atoms with Crippen molar-refractivity contribution in [1.82, 2.24) is 20.1 Å². The molecule has 1 atom stereocenters. The number of aromatic nitrogens is 3. The Morgan fingerprint density at radius 1 is 1.38 bits per heavy atom. The molecule has 3 heterocycles. The van der Waals surface area contributed by atoms with Crippen molar-refractivity contribution in [1.29, 1.82) is 0 Å². The van der Waals surface area contributed by atoms with Crippen molar-refractivity contribution in [3.63, 3.8) is 0 Å². The lowest BCUT2D eigenvalue weighted by molar-refractivity contribution is -0.121. The smallest absolute Gasteiger partial charge is 0.220 e. The van der Waals surface area contributed by atoms with E-state index in [-0.39, 0.29) is 11.9 Å². The molecule has 24 heavy (non-hydrogen) atoms. The number of hydrogen-bond donors (Lipinski definition) is 1. The summed E-state index contributed by atoms with van der Waals surface area (Å²) in [5.41, 5.74) is 2.11. The number of rotatable bonds is 5. The number of aryl methyl sites for hydroxylation is 3. The largest absolute Gasteiger partial charge is 0.355 e. The summed E-state index contributed by atoms with van der Waals surface area (Å²) in [7, 11) is 1.90. The standard InChI is InChI=1S/C18H25N5O/c1-14-5-3-7-17(20-14)23-12-4-6-15(13-23)21-18(24)9-8-16-10-11-19-22(16)2/h3,5,7,10-11,15H,4,6,8-9,12-13H2,1-2H3,(H,21,24)/t15-/m0/s1.